The van der Waals surface area contributed by atoms with Gasteiger partial charge < -0.3 is 5.32 Å². The van der Waals surface area contributed by atoms with E-state index in [1.807, 2.05) is 6.92 Å². The highest BCUT2D eigenvalue weighted by molar-refractivity contribution is 9.10. The third-order valence-electron chi connectivity index (χ3n) is 2.97. The Labute approximate surface area is 136 Å². The smallest absolute Gasteiger partial charge is 0.313 e. The summed E-state index contributed by atoms with van der Waals surface area (Å²) in [5, 5.41) is 10.6. The largest absolute Gasteiger partial charge is 0.343 e. The first-order valence-electron chi connectivity index (χ1n) is 6.97. The summed E-state index contributed by atoms with van der Waals surface area (Å²) in [6.45, 7) is 6.59. The van der Waals surface area contributed by atoms with Crippen molar-refractivity contribution in [2.45, 2.75) is 43.4 Å². The normalized spacial score (nSPS) is 11.0. The number of H-pyrrole nitrogens is 1. The van der Waals surface area contributed by atoms with E-state index >= 15 is 0 Å². The van der Waals surface area contributed by atoms with Crippen molar-refractivity contribution in [1.82, 2.24) is 20.1 Å². The second-order valence-electron chi connectivity index (χ2n) is 4.60. The van der Waals surface area contributed by atoms with Gasteiger partial charge in [-0.05, 0) is 42.4 Å². The van der Waals surface area contributed by atoms with E-state index in [4.69, 9.17) is 0 Å². The lowest BCUT2D eigenvalue weighted by atomic mass is 10.2. The molecule has 0 aliphatic carbocycles. The van der Waals surface area contributed by atoms with Crippen molar-refractivity contribution in [3.63, 3.8) is 0 Å². The first-order chi connectivity index (χ1) is 10.2. The maximum absolute atomic E-state index is 11.7. The van der Waals surface area contributed by atoms with Crippen LogP contribution in [-0.2, 0) is 13.1 Å². The minimum atomic E-state index is -0.151. The number of rotatable bonds is 7. The van der Waals surface area contributed by atoms with E-state index < -0.39 is 0 Å². The van der Waals surface area contributed by atoms with E-state index in [0.29, 0.717) is 11.7 Å². The van der Waals surface area contributed by atoms with E-state index in [1.165, 1.54) is 17.3 Å². The Balaban J connectivity index is 2.17. The highest BCUT2D eigenvalue weighted by Crippen LogP contribution is 2.29. The third-order valence-corrected chi connectivity index (χ3v) is 4.69. The molecule has 0 atom stereocenters. The van der Waals surface area contributed by atoms with Crippen LogP contribution in [0.1, 0.15) is 25.8 Å². The van der Waals surface area contributed by atoms with Gasteiger partial charge in [0.2, 0.25) is 0 Å². The van der Waals surface area contributed by atoms with Crippen molar-refractivity contribution in [3.8, 4) is 0 Å². The van der Waals surface area contributed by atoms with Gasteiger partial charge in [0.1, 0.15) is 0 Å². The number of hydrogen-bond donors (Lipinski definition) is 2. The van der Waals surface area contributed by atoms with Gasteiger partial charge in [0.15, 0.2) is 5.16 Å². The zero-order valence-electron chi connectivity index (χ0n) is 12.1. The van der Waals surface area contributed by atoms with Crippen LogP contribution >= 0.6 is 27.7 Å². The summed E-state index contributed by atoms with van der Waals surface area (Å²) in [5.41, 5.74) is 1.07. The fourth-order valence-electron chi connectivity index (χ4n) is 1.90. The number of halogens is 1. The molecule has 0 spiro atoms. The monoisotopic (exact) mass is 370 g/mol. The maximum Gasteiger partial charge on any atom is 0.343 e. The van der Waals surface area contributed by atoms with Crippen molar-refractivity contribution in [3.05, 3.63) is 38.7 Å². The summed E-state index contributed by atoms with van der Waals surface area (Å²) in [6, 6.07) is 6.20. The summed E-state index contributed by atoms with van der Waals surface area (Å²) < 4.78 is 2.74. The van der Waals surface area contributed by atoms with Crippen LogP contribution in [0.15, 0.2) is 37.5 Å². The van der Waals surface area contributed by atoms with Crippen LogP contribution in [0.2, 0.25) is 0 Å². The number of aromatic nitrogens is 3. The maximum atomic E-state index is 11.7. The van der Waals surface area contributed by atoms with E-state index in [9.17, 15) is 4.79 Å². The Morgan fingerprint density at radius 3 is 2.90 bits per heavy atom. The van der Waals surface area contributed by atoms with Crippen molar-refractivity contribution >= 4 is 27.7 Å². The molecule has 0 saturated heterocycles. The Bertz CT molecular complexity index is 653. The predicted octanol–water partition coefficient (Wildman–Crippen LogP) is 3.00. The second-order valence-corrected chi connectivity index (χ2v) is 6.49. The summed E-state index contributed by atoms with van der Waals surface area (Å²) in [7, 11) is 0. The molecule has 0 bridgehead atoms. The number of nitrogens with one attached hydrogen (secondary N) is 2. The highest BCUT2D eigenvalue weighted by atomic mass is 79.9. The van der Waals surface area contributed by atoms with Gasteiger partial charge >= 0.3 is 5.69 Å². The molecule has 0 saturated carbocycles. The van der Waals surface area contributed by atoms with Crippen LogP contribution in [0.3, 0.4) is 0 Å². The molecule has 2 rings (SSSR count). The van der Waals surface area contributed by atoms with E-state index in [0.717, 1.165) is 28.9 Å². The van der Waals surface area contributed by atoms with Crippen molar-refractivity contribution in [2.75, 3.05) is 6.54 Å². The quantitative estimate of drug-likeness (QED) is 0.786. The topological polar surface area (TPSA) is 62.7 Å². The number of hydrogen-bond acceptors (Lipinski definition) is 4. The number of nitrogens with zero attached hydrogens (tertiary/aromatic N) is 2. The van der Waals surface area contributed by atoms with Crippen LogP contribution in [0, 0.1) is 0 Å². The molecule has 0 unspecified atom stereocenters. The molecule has 0 radical (unpaired) electrons. The Morgan fingerprint density at radius 1 is 1.43 bits per heavy atom. The van der Waals surface area contributed by atoms with Crippen LogP contribution in [0.25, 0.3) is 0 Å². The van der Waals surface area contributed by atoms with Crippen LogP contribution in [0.5, 0.6) is 0 Å². The summed E-state index contributed by atoms with van der Waals surface area (Å²) >= 11 is 5.09. The molecule has 1 aromatic heterocycles. The first-order valence-corrected chi connectivity index (χ1v) is 8.58. The predicted molar refractivity (Wildman–Crippen MR) is 88.8 cm³/mol. The molecular formula is C14H19BrN4OS. The van der Waals surface area contributed by atoms with E-state index in [-0.39, 0.29) is 5.69 Å². The molecule has 1 heterocycles. The van der Waals surface area contributed by atoms with E-state index in [2.05, 4.69) is 56.6 Å². The zero-order valence-corrected chi connectivity index (χ0v) is 14.6. The standard InChI is InChI=1S/C14H19BrN4OS/c1-3-7-19-13(20)17-18-14(19)21-11-6-5-10(9-16-4-2)12(15)8-11/h5-6,8,16H,3-4,7,9H2,1-2H3,(H,17,20). The Morgan fingerprint density at radius 2 is 2.24 bits per heavy atom. The molecule has 5 nitrogen and oxygen atoms in total. The van der Waals surface area contributed by atoms with Gasteiger partial charge in [0, 0.05) is 22.5 Å². The summed E-state index contributed by atoms with van der Waals surface area (Å²) in [5.74, 6) is 0. The van der Waals surface area contributed by atoms with Gasteiger partial charge in [-0.25, -0.2) is 9.89 Å². The molecule has 0 aliphatic heterocycles. The minimum Gasteiger partial charge on any atom is -0.313 e. The van der Waals surface area contributed by atoms with Gasteiger partial charge in [-0.1, -0.05) is 35.8 Å². The van der Waals surface area contributed by atoms with Gasteiger partial charge in [-0.2, -0.15) is 0 Å². The van der Waals surface area contributed by atoms with Gasteiger partial charge in [-0.3, -0.25) is 4.57 Å². The van der Waals surface area contributed by atoms with Gasteiger partial charge in [0.05, 0.1) is 0 Å². The molecule has 1 aromatic carbocycles. The summed E-state index contributed by atoms with van der Waals surface area (Å²) in [4.78, 5) is 12.7. The molecule has 2 aromatic rings. The molecule has 2 N–H and O–H groups in total. The van der Waals surface area contributed by atoms with Gasteiger partial charge in [-0.15, -0.1) is 5.10 Å². The van der Waals surface area contributed by atoms with Crippen LogP contribution in [-0.4, -0.2) is 21.3 Å². The van der Waals surface area contributed by atoms with Crippen LogP contribution in [0.4, 0.5) is 0 Å². The third kappa shape index (κ3) is 4.21. The fraction of sp³-hybridized carbons (Fsp3) is 0.429. The van der Waals surface area contributed by atoms with Crippen molar-refractivity contribution in [1.29, 1.82) is 0 Å². The van der Waals surface area contributed by atoms with Crippen molar-refractivity contribution < 1.29 is 0 Å². The van der Waals surface area contributed by atoms with Crippen LogP contribution < -0.4 is 11.0 Å². The van der Waals surface area contributed by atoms with Gasteiger partial charge in [0.25, 0.3) is 0 Å². The van der Waals surface area contributed by atoms with E-state index in [1.54, 1.807) is 4.57 Å². The lowest BCUT2D eigenvalue weighted by Crippen LogP contribution is -2.17. The highest BCUT2D eigenvalue weighted by Gasteiger charge is 2.10. The molecular weight excluding hydrogens is 352 g/mol. The number of aromatic amines is 1. The molecule has 114 valence electrons. The minimum absolute atomic E-state index is 0.151. The lowest BCUT2D eigenvalue weighted by Gasteiger charge is -2.08. The SMILES string of the molecule is CCCn1c(Sc2ccc(CNCC)c(Br)c2)n[nH]c1=O. The average molecular weight is 371 g/mol. The lowest BCUT2D eigenvalue weighted by molar-refractivity contribution is 0.604. The average Bonchev–Trinajstić information content (AvgIpc) is 2.80. The molecule has 7 heteroatoms. The fourth-order valence-corrected chi connectivity index (χ4v) is 3.47. The van der Waals surface area contributed by atoms with Crippen molar-refractivity contribution in [2.24, 2.45) is 0 Å². The Hall–Kier alpha value is -1.05. The molecule has 0 fully saturated rings. The summed E-state index contributed by atoms with van der Waals surface area (Å²) in [6.07, 6.45) is 0.901. The zero-order chi connectivity index (χ0) is 15.2. The molecule has 0 aliphatic rings. The molecule has 21 heavy (non-hydrogen) atoms. The number of benzene rings is 1. The first kappa shape index (κ1) is 16.3. The Kier molecular flexibility index (Phi) is 6.08. The molecule has 0 amide bonds. The second kappa shape index (κ2) is 7.82.